The molecule has 0 fully saturated rings. The Bertz CT molecular complexity index is 914. The summed E-state index contributed by atoms with van der Waals surface area (Å²) in [5.41, 5.74) is 1.77. The van der Waals surface area contributed by atoms with E-state index in [9.17, 15) is 8.42 Å². The van der Waals surface area contributed by atoms with Crippen molar-refractivity contribution in [2.75, 3.05) is 0 Å². The predicted octanol–water partition coefficient (Wildman–Crippen LogP) is 4.59. The maximum absolute atomic E-state index is 12.9. The number of nitrogens with zero attached hydrogens (tertiary/aromatic N) is 1. The van der Waals surface area contributed by atoms with Gasteiger partial charge in [0, 0.05) is 16.1 Å². The van der Waals surface area contributed by atoms with E-state index in [0.717, 1.165) is 33.8 Å². The van der Waals surface area contributed by atoms with Gasteiger partial charge in [-0.15, -0.1) is 0 Å². The highest BCUT2D eigenvalue weighted by molar-refractivity contribution is 9.10. The van der Waals surface area contributed by atoms with Crippen LogP contribution in [0, 0.1) is 0 Å². The van der Waals surface area contributed by atoms with Gasteiger partial charge in [0.25, 0.3) is 10.0 Å². The van der Waals surface area contributed by atoms with Crippen LogP contribution in [0.2, 0.25) is 0 Å². The van der Waals surface area contributed by atoms with Crippen LogP contribution in [0.4, 0.5) is 0 Å². The molecule has 1 heterocycles. The highest BCUT2D eigenvalue weighted by atomic mass is 79.9. The molecule has 0 N–H and O–H groups in total. The molecule has 114 valence electrons. The average molecular weight is 378 g/mol. The van der Waals surface area contributed by atoms with E-state index < -0.39 is 10.0 Å². The molecule has 3 nitrogen and oxygen atoms in total. The number of hydrogen-bond donors (Lipinski definition) is 0. The van der Waals surface area contributed by atoms with Crippen LogP contribution in [-0.2, 0) is 16.4 Å². The summed E-state index contributed by atoms with van der Waals surface area (Å²) in [6.45, 7) is 2.09. The Morgan fingerprint density at radius 2 is 1.82 bits per heavy atom. The molecule has 22 heavy (non-hydrogen) atoms. The van der Waals surface area contributed by atoms with Gasteiger partial charge in [-0.1, -0.05) is 47.5 Å². The van der Waals surface area contributed by atoms with Crippen LogP contribution in [0.3, 0.4) is 0 Å². The molecule has 0 aliphatic heterocycles. The summed E-state index contributed by atoms with van der Waals surface area (Å²) in [7, 11) is -3.57. The first kappa shape index (κ1) is 15.3. The topological polar surface area (TPSA) is 39.1 Å². The first-order chi connectivity index (χ1) is 10.5. The van der Waals surface area contributed by atoms with Crippen LogP contribution < -0.4 is 0 Å². The largest absolute Gasteiger partial charge is 0.268 e. The molecule has 2 aromatic carbocycles. The molecule has 3 rings (SSSR count). The number of aryl methyl sites for hydroxylation is 1. The average Bonchev–Trinajstić information content (AvgIpc) is 2.87. The first-order valence-corrected chi connectivity index (χ1v) is 9.37. The molecule has 0 radical (unpaired) electrons. The zero-order valence-electron chi connectivity index (χ0n) is 12.2. The summed E-state index contributed by atoms with van der Waals surface area (Å²) in [6.07, 6.45) is 3.57. The maximum Gasteiger partial charge on any atom is 0.268 e. The lowest BCUT2D eigenvalue weighted by Crippen LogP contribution is -2.11. The summed E-state index contributed by atoms with van der Waals surface area (Å²) in [6, 6.07) is 14.2. The minimum absolute atomic E-state index is 0.304. The van der Waals surface area contributed by atoms with Crippen molar-refractivity contribution in [1.82, 2.24) is 3.97 Å². The molecule has 0 saturated carbocycles. The number of benzene rings is 2. The second-order valence-electron chi connectivity index (χ2n) is 5.18. The molecule has 0 unspecified atom stereocenters. The fourth-order valence-corrected chi connectivity index (χ4v) is 4.39. The maximum atomic E-state index is 12.9. The Balaban J connectivity index is 2.28. The molecule has 0 bridgehead atoms. The Labute approximate surface area is 138 Å². The second kappa shape index (κ2) is 5.89. The van der Waals surface area contributed by atoms with Crippen LogP contribution in [0.1, 0.15) is 18.9 Å². The number of rotatable bonds is 4. The zero-order valence-corrected chi connectivity index (χ0v) is 14.6. The first-order valence-electron chi connectivity index (χ1n) is 7.14. The Morgan fingerprint density at radius 1 is 1.09 bits per heavy atom. The summed E-state index contributed by atoms with van der Waals surface area (Å²) >= 11 is 3.46. The molecule has 5 heteroatoms. The normalized spacial score (nSPS) is 11.9. The predicted molar refractivity (Wildman–Crippen MR) is 92.7 cm³/mol. The minimum atomic E-state index is -3.57. The minimum Gasteiger partial charge on any atom is -0.241 e. The van der Waals surface area contributed by atoms with Gasteiger partial charge in [0.1, 0.15) is 0 Å². The van der Waals surface area contributed by atoms with Crippen molar-refractivity contribution in [3.8, 4) is 0 Å². The summed E-state index contributed by atoms with van der Waals surface area (Å²) in [5.74, 6) is 0. The molecule has 0 spiro atoms. The van der Waals surface area contributed by atoms with Gasteiger partial charge in [0.05, 0.1) is 10.4 Å². The van der Waals surface area contributed by atoms with Crippen molar-refractivity contribution in [1.29, 1.82) is 0 Å². The van der Waals surface area contributed by atoms with Crippen molar-refractivity contribution in [2.24, 2.45) is 0 Å². The van der Waals surface area contributed by atoms with Crippen molar-refractivity contribution in [2.45, 2.75) is 24.7 Å². The van der Waals surface area contributed by atoms with Crippen molar-refractivity contribution >= 4 is 36.9 Å². The third kappa shape index (κ3) is 2.59. The van der Waals surface area contributed by atoms with Crippen molar-refractivity contribution in [3.05, 3.63) is 64.8 Å². The van der Waals surface area contributed by atoms with Crippen LogP contribution in [0.5, 0.6) is 0 Å². The molecule has 0 atom stereocenters. The standard InChI is InChI=1S/C17H16BrNO2S/c1-2-6-13-12-19(17-10-9-14(18)11-16(13)17)22(20,21)15-7-4-3-5-8-15/h3-5,7-12H,2,6H2,1H3. The molecule has 0 aliphatic rings. The third-order valence-corrected chi connectivity index (χ3v) is 5.82. The molecule has 0 aliphatic carbocycles. The highest BCUT2D eigenvalue weighted by Crippen LogP contribution is 2.29. The summed E-state index contributed by atoms with van der Waals surface area (Å²) < 4.78 is 28.2. The van der Waals surface area contributed by atoms with Gasteiger partial charge in [-0.2, -0.15) is 0 Å². The number of aromatic nitrogens is 1. The van der Waals surface area contributed by atoms with E-state index in [1.165, 1.54) is 3.97 Å². The molecule has 0 saturated heterocycles. The quantitative estimate of drug-likeness (QED) is 0.666. The van der Waals surface area contributed by atoms with Gasteiger partial charge < -0.3 is 0 Å². The van der Waals surface area contributed by atoms with E-state index in [4.69, 9.17) is 0 Å². The van der Waals surface area contributed by atoms with Crippen LogP contribution >= 0.6 is 15.9 Å². The Morgan fingerprint density at radius 3 is 2.50 bits per heavy atom. The number of halogens is 1. The van der Waals surface area contributed by atoms with E-state index in [1.807, 2.05) is 24.3 Å². The lowest BCUT2D eigenvalue weighted by molar-refractivity contribution is 0.589. The fourth-order valence-electron chi connectivity index (χ4n) is 2.61. The van der Waals surface area contributed by atoms with E-state index >= 15 is 0 Å². The van der Waals surface area contributed by atoms with E-state index in [1.54, 1.807) is 30.5 Å². The van der Waals surface area contributed by atoms with Crippen LogP contribution in [-0.4, -0.2) is 12.4 Å². The van der Waals surface area contributed by atoms with Gasteiger partial charge in [0.2, 0.25) is 0 Å². The lowest BCUT2D eigenvalue weighted by Gasteiger charge is -2.07. The number of fused-ring (bicyclic) bond motifs is 1. The molecule has 0 amide bonds. The SMILES string of the molecule is CCCc1cn(S(=O)(=O)c2ccccc2)c2ccc(Br)cc12. The van der Waals surface area contributed by atoms with Gasteiger partial charge in [0.15, 0.2) is 0 Å². The Hall–Kier alpha value is -1.59. The summed E-state index contributed by atoms with van der Waals surface area (Å²) in [4.78, 5) is 0.304. The molecular weight excluding hydrogens is 362 g/mol. The fraction of sp³-hybridized carbons (Fsp3) is 0.176. The van der Waals surface area contributed by atoms with E-state index in [2.05, 4.69) is 22.9 Å². The zero-order chi connectivity index (χ0) is 15.7. The highest BCUT2D eigenvalue weighted by Gasteiger charge is 2.20. The van der Waals surface area contributed by atoms with Gasteiger partial charge in [-0.25, -0.2) is 12.4 Å². The molecule has 3 aromatic rings. The molecule has 1 aromatic heterocycles. The smallest absolute Gasteiger partial charge is 0.241 e. The van der Waals surface area contributed by atoms with Gasteiger partial charge in [-0.3, -0.25) is 0 Å². The number of hydrogen-bond acceptors (Lipinski definition) is 2. The van der Waals surface area contributed by atoms with Gasteiger partial charge in [-0.05, 0) is 42.3 Å². The lowest BCUT2D eigenvalue weighted by atomic mass is 10.1. The van der Waals surface area contributed by atoms with E-state index in [-0.39, 0.29) is 0 Å². The third-order valence-electron chi connectivity index (χ3n) is 3.63. The van der Waals surface area contributed by atoms with E-state index in [0.29, 0.717) is 4.90 Å². The van der Waals surface area contributed by atoms with Crippen molar-refractivity contribution in [3.63, 3.8) is 0 Å². The Kier molecular flexibility index (Phi) is 4.10. The van der Waals surface area contributed by atoms with Crippen LogP contribution in [0.15, 0.2) is 64.1 Å². The monoisotopic (exact) mass is 377 g/mol. The summed E-state index contributed by atoms with van der Waals surface area (Å²) in [5, 5.41) is 0.982. The van der Waals surface area contributed by atoms with Gasteiger partial charge >= 0.3 is 0 Å². The van der Waals surface area contributed by atoms with Crippen LogP contribution in [0.25, 0.3) is 10.9 Å². The molecular formula is C17H16BrNO2S. The second-order valence-corrected chi connectivity index (χ2v) is 7.91. The van der Waals surface area contributed by atoms with Crippen molar-refractivity contribution < 1.29 is 8.42 Å².